The first-order chi connectivity index (χ1) is 11.2. The number of aromatic carboxylic acids is 1. The third kappa shape index (κ3) is 4.12. The zero-order valence-electron chi connectivity index (χ0n) is 13.7. The molecule has 1 heterocycles. The number of nitrogens with one attached hydrogen (secondary N) is 1. The third-order valence-electron chi connectivity index (χ3n) is 3.99. The van der Waals surface area contributed by atoms with Gasteiger partial charge in [0.25, 0.3) is 0 Å². The Hall–Kier alpha value is -1.93. The Balaban J connectivity index is 2.04. The van der Waals surface area contributed by atoms with E-state index in [2.05, 4.69) is 5.32 Å². The summed E-state index contributed by atoms with van der Waals surface area (Å²) in [7, 11) is -3.67. The monoisotopic (exact) mass is 354 g/mol. The number of carboxylic acids is 1. The predicted molar refractivity (Wildman–Crippen MR) is 88.2 cm³/mol. The quantitative estimate of drug-likeness (QED) is 0.830. The molecule has 1 amide bonds. The summed E-state index contributed by atoms with van der Waals surface area (Å²) in [6.07, 6.45) is 0.954. The lowest BCUT2D eigenvalue weighted by Crippen LogP contribution is -2.44. The van der Waals surface area contributed by atoms with Gasteiger partial charge in [-0.2, -0.15) is 4.31 Å². The van der Waals surface area contributed by atoms with Crippen molar-refractivity contribution in [3.63, 3.8) is 0 Å². The Morgan fingerprint density at radius 1 is 1.17 bits per heavy atom. The summed E-state index contributed by atoms with van der Waals surface area (Å²) in [5.74, 6) is -1.31. The van der Waals surface area contributed by atoms with E-state index >= 15 is 0 Å². The molecule has 7 nitrogen and oxygen atoms in total. The molecule has 0 atom stereocenters. The molecule has 0 aromatic heterocycles. The van der Waals surface area contributed by atoms with Crippen molar-refractivity contribution in [1.29, 1.82) is 0 Å². The van der Waals surface area contributed by atoms with Crippen LogP contribution in [0.2, 0.25) is 0 Å². The van der Waals surface area contributed by atoms with Crippen molar-refractivity contribution in [2.75, 3.05) is 13.1 Å². The minimum absolute atomic E-state index is 0.0344. The van der Waals surface area contributed by atoms with Crippen LogP contribution < -0.4 is 5.32 Å². The molecular weight excluding hydrogens is 332 g/mol. The summed E-state index contributed by atoms with van der Waals surface area (Å²) in [5.41, 5.74) is 0.0398. The average Bonchev–Trinajstić information content (AvgIpc) is 2.54. The first kappa shape index (κ1) is 18.4. The normalized spacial score (nSPS) is 17.0. The van der Waals surface area contributed by atoms with E-state index in [0.29, 0.717) is 12.8 Å². The number of carboxylic acid groups (broad SMARTS) is 1. The number of carbonyl (C=O) groups excluding carboxylic acids is 1. The molecule has 1 aliphatic heterocycles. The van der Waals surface area contributed by atoms with Crippen LogP contribution in [0.15, 0.2) is 29.2 Å². The molecule has 0 spiro atoms. The summed E-state index contributed by atoms with van der Waals surface area (Å²) in [6, 6.07) is 5.22. The van der Waals surface area contributed by atoms with Gasteiger partial charge < -0.3 is 10.4 Å². The molecule has 1 aliphatic rings. The van der Waals surface area contributed by atoms with Gasteiger partial charge in [-0.15, -0.1) is 0 Å². The maximum atomic E-state index is 12.6. The van der Waals surface area contributed by atoms with Gasteiger partial charge in [-0.05, 0) is 51.0 Å². The number of amides is 1. The predicted octanol–water partition coefficient (Wildman–Crippen LogP) is 1.31. The average molecular weight is 354 g/mol. The second-order valence-electron chi connectivity index (χ2n) is 6.17. The van der Waals surface area contributed by atoms with Gasteiger partial charge in [0, 0.05) is 25.0 Å². The topological polar surface area (TPSA) is 104 Å². The summed E-state index contributed by atoms with van der Waals surface area (Å²) < 4.78 is 26.6. The molecule has 132 valence electrons. The van der Waals surface area contributed by atoms with Crippen molar-refractivity contribution in [2.45, 2.75) is 37.6 Å². The highest BCUT2D eigenvalue weighted by Gasteiger charge is 2.32. The third-order valence-corrected chi connectivity index (χ3v) is 5.91. The van der Waals surface area contributed by atoms with Crippen LogP contribution in [0, 0.1) is 5.92 Å². The molecule has 0 aliphatic carbocycles. The molecular formula is C16H22N2O5S. The molecule has 0 bridgehead atoms. The van der Waals surface area contributed by atoms with E-state index in [1.54, 1.807) is 0 Å². The van der Waals surface area contributed by atoms with E-state index in [4.69, 9.17) is 5.11 Å². The molecule has 1 saturated heterocycles. The van der Waals surface area contributed by atoms with Gasteiger partial charge in [-0.25, -0.2) is 13.2 Å². The van der Waals surface area contributed by atoms with Crippen molar-refractivity contribution in [1.82, 2.24) is 9.62 Å². The fourth-order valence-electron chi connectivity index (χ4n) is 2.68. The fourth-order valence-corrected chi connectivity index (χ4v) is 4.15. The number of piperidine rings is 1. The van der Waals surface area contributed by atoms with Crippen molar-refractivity contribution < 1.29 is 23.1 Å². The second-order valence-corrected chi connectivity index (χ2v) is 8.11. The molecule has 2 rings (SSSR count). The standard InChI is InChI=1S/C16H22N2O5S/c1-11(2)17-15(19)12-7-9-18(10-8-12)24(22,23)14-5-3-13(4-6-14)16(20)21/h3-6,11-12H,7-10H2,1-2H3,(H,17,19)(H,20,21). The SMILES string of the molecule is CC(C)NC(=O)C1CCN(S(=O)(=O)c2ccc(C(=O)O)cc2)CC1. The number of nitrogens with zero attached hydrogens (tertiary/aromatic N) is 1. The number of hydrogen-bond acceptors (Lipinski definition) is 4. The number of carbonyl (C=O) groups is 2. The van der Waals surface area contributed by atoms with Crippen molar-refractivity contribution in [2.24, 2.45) is 5.92 Å². The van der Waals surface area contributed by atoms with Gasteiger partial charge >= 0.3 is 5.97 Å². The molecule has 1 fully saturated rings. The van der Waals surface area contributed by atoms with Crippen LogP contribution in [0.4, 0.5) is 0 Å². The van der Waals surface area contributed by atoms with Crippen LogP contribution in [-0.2, 0) is 14.8 Å². The van der Waals surface area contributed by atoms with Crippen molar-refractivity contribution >= 4 is 21.9 Å². The summed E-state index contributed by atoms with van der Waals surface area (Å²) in [4.78, 5) is 22.9. The minimum Gasteiger partial charge on any atom is -0.478 e. The van der Waals surface area contributed by atoms with Gasteiger partial charge in [-0.1, -0.05) is 0 Å². The van der Waals surface area contributed by atoms with Crippen molar-refractivity contribution in [3.05, 3.63) is 29.8 Å². The molecule has 24 heavy (non-hydrogen) atoms. The maximum Gasteiger partial charge on any atom is 0.335 e. The van der Waals surface area contributed by atoms with E-state index in [9.17, 15) is 18.0 Å². The lowest BCUT2D eigenvalue weighted by molar-refractivity contribution is -0.126. The van der Waals surface area contributed by atoms with Crippen LogP contribution in [0.25, 0.3) is 0 Å². The van der Waals surface area contributed by atoms with Crippen LogP contribution in [0.5, 0.6) is 0 Å². The smallest absolute Gasteiger partial charge is 0.335 e. The maximum absolute atomic E-state index is 12.6. The highest BCUT2D eigenvalue weighted by molar-refractivity contribution is 7.89. The largest absolute Gasteiger partial charge is 0.478 e. The summed E-state index contributed by atoms with van der Waals surface area (Å²) in [5, 5.41) is 11.7. The van der Waals surface area contributed by atoms with Crippen LogP contribution in [0.1, 0.15) is 37.0 Å². The highest BCUT2D eigenvalue weighted by Crippen LogP contribution is 2.24. The molecule has 1 aromatic carbocycles. The van der Waals surface area contributed by atoms with E-state index in [1.807, 2.05) is 13.8 Å². The van der Waals surface area contributed by atoms with Crippen LogP contribution >= 0.6 is 0 Å². The van der Waals surface area contributed by atoms with E-state index in [1.165, 1.54) is 28.6 Å². The second kappa shape index (κ2) is 7.31. The van der Waals surface area contributed by atoms with Crippen LogP contribution in [0.3, 0.4) is 0 Å². The fraction of sp³-hybridized carbons (Fsp3) is 0.500. The van der Waals surface area contributed by atoms with Crippen LogP contribution in [-0.4, -0.2) is 48.8 Å². The Labute approximate surface area is 141 Å². The Kier molecular flexibility index (Phi) is 5.61. The number of sulfonamides is 1. The van der Waals surface area contributed by atoms with Gasteiger partial charge in [0.2, 0.25) is 15.9 Å². The number of hydrogen-bond donors (Lipinski definition) is 2. The van der Waals surface area contributed by atoms with Gasteiger partial charge in [-0.3, -0.25) is 4.79 Å². The molecule has 0 saturated carbocycles. The van der Waals surface area contributed by atoms with E-state index in [0.717, 1.165) is 0 Å². The molecule has 0 radical (unpaired) electrons. The van der Waals surface area contributed by atoms with Crippen molar-refractivity contribution in [3.8, 4) is 0 Å². The van der Waals surface area contributed by atoms with E-state index < -0.39 is 16.0 Å². The van der Waals surface area contributed by atoms with E-state index in [-0.39, 0.29) is 41.4 Å². The summed E-state index contributed by atoms with van der Waals surface area (Å²) >= 11 is 0. The van der Waals surface area contributed by atoms with Gasteiger partial charge in [0.1, 0.15) is 0 Å². The Morgan fingerprint density at radius 2 is 1.71 bits per heavy atom. The first-order valence-electron chi connectivity index (χ1n) is 7.85. The van der Waals surface area contributed by atoms with Gasteiger partial charge in [0.05, 0.1) is 10.5 Å². The molecule has 0 unspecified atom stereocenters. The van der Waals surface area contributed by atoms with Gasteiger partial charge in [0.15, 0.2) is 0 Å². The molecule has 1 aromatic rings. The lowest BCUT2D eigenvalue weighted by Gasteiger charge is -2.31. The molecule has 2 N–H and O–H groups in total. The Bertz CT molecular complexity index is 704. The highest BCUT2D eigenvalue weighted by atomic mass is 32.2. The lowest BCUT2D eigenvalue weighted by atomic mass is 9.97. The minimum atomic E-state index is -3.67. The molecule has 8 heteroatoms. The Morgan fingerprint density at radius 3 is 2.17 bits per heavy atom. The summed E-state index contributed by atoms with van der Waals surface area (Å²) in [6.45, 7) is 4.33. The zero-order chi connectivity index (χ0) is 17.9. The number of benzene rings is 1. The zero-order valence-corrected chi connectivity index (χ0v) is 14.5. The number of rotatable bonds is 5. The first-order valence-corrected chi connectivity index (χ1v) is 9.29.